The van der Waals surface area contributed by atoms with Crippen LogP contribution in [0.4, 0.5) is 10.1 Å². The Labute approximate surface area is 161 Å². The third-order valence-corrected chi connectivity index (χ3v) is 5.20. The van der Waals surface area contributed by atoms with Gasteiger partial charge in [0.25, 0.3) is 0 Å². The number of esters is 1. The van der Waals surface area contributed by atoms with Crippen LogP contribution >= 0.6 is 11.3 Å². The summed E-state index contributed by atoms with van der Waals surface area (Å²) in [6.45, 7) is 2.01. The van der Waals surface area contributed by atoms with E-state index in [1.54, 1.807) is 30.5 Å². The minimum Gasteiger partial charge on any atom is -0.466 e. The molecule has 6 heteroatoms. The Balaban J connectivity index is 1.79. The number of para-hydroxylation sites is 1. The molecule has 0 spiro atoms. The number of hydrogen-bond donors (Lipinski definition) is 1. The first-order valence-electron chi connectivity index (χ1n) is 8.40. The summed E-state index contributed by atoms with van der Waals surface area (Å²) in [6.07, 6.45) is 4.85. The van der Waals surface area contributed by atoms with Gasteiger partial charge in [-0.2, -0.15) is 0 Å². The molecule has 0 aliphatic rings. The van der Waals surface area contributed by atoms with Crippen molar-refractivity contribution in [1.82, 2.24) is 4.98 Å². The van der Waals surface area contributed by atoms with Gasteiger partial charge in [0, 0.05) is 28.4 Å². The Hall–Kier alpha value is -2.99. The summed E-state index contributed by atoms with van der Waals surface area (Å²) < 4.78 is 18.6. The number of ether oxygens (including phenoxy) is 1. The lowest BCUT2D eigenvalue weighted by Gasteiger charge is -2.15. The molecule has 0 aliphatic carbocycles. The Morgan fingerprint density at radius 1 is 1.22 bits per heavy atom. The molecule has 1 atom stereocenters. The molecule has 0 amide bonds. The van der Waals surface area contributed by atoms with Crippen molar-refractivity contribution in [2.24, 2.45) is 0 Å². The molecule has 0 saturated carbocycles. The Bertz CT molecular complexity index is 968. The van der Waals surface area contributed by atoms with Crippen LogP contribution in [-0.4, -0.2) is 18.1 Å². The van der Waals surface area contributed by atoms with Crippen molar-refractivity contribution < 1.29 is 13.9 Å². The highest BCUT2D eigenvalue weighted by atomic mass is 32.1. The fourth-order valence-corrected chi connectivity index (χ4v) is 3.50. The van der Waals surface area contributed by atoms with Crippen LogP contribution in [0.25, 0.3) is 16.6 Å². The number of nitrogens with zero attached hydrogens (tertiary/aromatic N) is 1. The molecule has 0 radical (unpaired) electrons. The van der Waals surface area contributed by atoms with E-state index in [2.05, 4.69) is 15.0 Å². The Morgan fingerprint density at radius 2 is 1.96 bits per heavy atom. The minimum absolute atomic E-state index is 0.0318. The number of anilines is 1. The number of rotatable bonds is 6. The van der Waals surface area contributed by atoms with Crippen LogP contribution in [0.2, 0.25) is 0 Å². The molecule has 1 unspecified atom stereocenters. The van der Waals surface area contributed by atoms with E-state index < -0.39 is 5.97 Å². The topological polar surface area (TPSA) is 51.2 Å². The molecular weight excluding hydrogens is 363 g/mol. The maximum Gasteiger partial charge on any atom is 0.330 e. The lowest BCUT2D eigenvalue weighted by atomic mass is 10.1. The van der Waals surface area contributed by atoms with Gasteiger partial charge < -0.3 is 10.1 Å². The zero-order chi connectivity index (χ0) is 19.2. The van der Waals surface area contributed by atoms with Gasteiger partial charge in [-0.05, 0) is 36.8 Å². The molecule has 0 fully saturated rings. The second-order valence-corrected chi connectivity index (χ2v) is 6.92. The second kappa shape index (κ2) is 8.60. The SMILES string of the molecule is COC(=O)/C=C/c1ccccc1NC(C)c1cnc(-c2ccccc2F)s1. The molecule has 3 rings (SSSR count). The summed E-state index contributed by atoms with van der Waals surface area (Å²) in [6, 6.07) is 14.2. The van der Waals surface area contributed by atoms with E-state index in [9.17, 15) is 9.18 Å². The van der Waals surface area contributed by atoms with Gasteiger partial charge in [-0.15, -0.1) is 11.3 Å². The first-order chi connectivity index (χ1) is 13.1. The number of thiazole rings is 1. The summed E-state index contributed by atoms with van der Waals surface area (Å²) in [4.78, 5) is 16.7. The largest absolute Gasteiger partial charge is 0.466 e. The van der Waals surface area contributed by atoms with Gasteiger partial charge in [-0.25, -0.2) is 14.2 Å². The van der Waals surface area contributed by atoms with Gasteiger partial charge in [0.15, 0.2) is 0 Å². The highest BCUT2D eigenvalue weighted by molar-refractivity contribution is 7.15. The molecule has 3 aromatic rings. The maximum atomic E-state index is 14.0. The number of carbonyl (C=O) groups excluding carboxylic acids is 1. The number of aromatic nitrogens is 1. The van der Waals surface area contributed by atoms with E-state index in [1.807, 2.05) is 31.2 Å². The first kappa shape index (κ1) is 18.8. The van der Waals surface area contributed by atoms with Crippen LogP contribution in [0.1, 0.15) is 23.4 Å². The molecule has 0 bridgehead atoms. The normalized spacial score (nSPS) is 12.1. The third kappa shape index (κ3) is 4.60. The first-order valence-corrected chi connectivity index (χ1v) is 9.22. The summed E-state index contributed by atoms with van der Waals surface area (Å²) in [5.41, 5.74) is 2.25. The highest BCUT2D eigenvalue weighted by Gasteiger charge is 2.14. The van der Waals surface area contributed by atoms with E-state index in [1.165, 1.54) is 30.6 Å². The quantitative estimate of drug-likeness (QED) is 0.464. The average Bonchev–Trinajstić information content (AvgIpc) is 3.17. The van der Waals surface area contributed by atoms with E-state index in [0.29, 0.717) is 10.6 Å². The standard InChI is InChI=1S/C21H19FN2O2S/c1-14(19-13-23-21(27-19)16-8-4-5-9-17(16)22)24-18-10-6-3-7-15(18)11-12-20(25)26-2/h3-14,24H,1-2H3/b12-11+. The number of nitrogens with one attached hydrogen (secondary N) is 1. The van der Waals surface area contributed by atoms with Crippen LogP contribution in [0, 0.1) is 5.82 Å². The molecular formula is C21H19FN2O2S. The van der Waals surface area contributed by atoms with Gasteiger partial charge in [0.05, 0.1) is 13.2 Å². The molecule has 1 heterocycles. The van der Waals surface area contributed by atoms with Crippen LogP contribution in [0.5, 0.6) is 0 Å². The summed E-state index contributed by atoms with van der Waals surface area (Å²) in [5, 5.41) is 4.07. The fraction of sp³-hybridized carbons (Fsp3) is 0.143. The van der Waals surface area contributed by atoms with Crippen molar-refractivity contribution >= 4 is 29.1 Å². The second-order valence-electron chi connectivity index (χ2n) is 5.86. The fourth-order valence-electron chi connectivity index (χ4n) is 2.55. The molecule has 138 valence electrons. The van der Waals surface area contributed by atoms with Crippen LogP contribution < -0.4 is 5.32 Å². The lowest BCUT2D eigenvalue weighted by Crippen LogP contribution is -2.06. The van der Waals surface area contributed by atoms with Crippen LogP contribution in [0.3, 0.4) is 0 Å². The summed E-state index contributed by atoms with van der Waals surface area (Å²) in [7, 11) is 1.34. The molecule has 2 aromatic carbocycles. The number of halogens is 1. The third-order valence-electron chi connectivity index (χ3n) is 3.99. The Kier molecular flexibility index (Phi) is 5.98. The van der Waals surface area contributed by atoms with Crippen molar-refractivity contribution in [3.05, 3.63) is 77.1 Å². The van der Waals surface area contributed by atoms with Gasteiger partial charge >= 0.3 is 5.97 Å². The predicted molar refractivity (Wildman–Crippen MR) is 107 cm³/mol. The molecule has 1 aromatic heterocycles. The van der Waals surface area contributed by atoms with Crippen molar-refractivity contribution in [1.29, 1.82) is 0 Å². The molecule has 4 nitrogen and oxygen atoms in total. The summed E-state index contributed by atoms with van der Waals surface area (Å²) in [5.74, 6) is -0.688. The smallest absolute Gasteiger partial charge is 0.330 e. The van der Waals surface area contributed by atoms with Crippen molar-refractivity contribution in [2.45, 2.75) is 13.0 Å². The van der Waals surface area contributed by atoms with E-state index >= 15 is 0 Å². The molecule has 27 heavy (non-hydrogen) atoms. The highest BCUT2D eigenvalue weighted by Crippen LogP contribution is 2.32. The van der Waals surface area contributed by atoms with Gasteiger partial charge in [0.1, 0.15) is 10.8 Å². The Morgan fingerprint density at radius 3 is 2.74 bits per heavy atom. The van der Waals surface area contributed by atoms with Crippen molar-refractivity contribution in [2.75, 3.05) is 12.4 Å². The zero-order valence-corrected chi connectivity index (χ0v) is 15.8. The van der Waals surface area contributed by atoms with E-state index in [-0.39, 0.29) is 11.9 Å². The van der Waals surface area contributed by atoms with Crippen molar-refractivity contribution in [3.8, 4) is 10.6 Å². The number of carbonyl (C=O) groups is 1. The van der Waals surface area contributed by atoms with Gasteiger partial charge in [-0.3, -0.25) is 0 Å². The molecule has 1 N–H and O–H groups in total. The lowest BCUT2D eigenvalue weighted by molar-refractivity contribution is -0.134. The molecule has 0 aliphatic heterocycles. The summed E-state index contributed by atoms with van der Waals surface area (Å²) >= 11 is 1.45. The number of benzene rings is 2. The minimum atomic E-state index is -0.408. The zero-order valence-electron chi connectivity index (χ0n) is 15.0. The number of hydrogen-bond acceptors (Lipinski definition) is 5. The number of methoxy groups -OCH3 is 1. The van der Waals surface area contributed by atoms with E-state index in [0.717, 1.165) is 16.1 Å². The predicted octanol–water partition coefficient (Wildman–Crippen LogP) is 5.31. The van der Waals surface area contributed by atoms with E-state index in [4.69, 9.17) is 0 Å². The van der Waals surface area contributed by atoms with Gasteiger partial charge in [0.2, 0.25) is 0 Å². The molecule has 0 saturated heterocycles. The van der Waals surface area contributed by atoms with Crippen molar-refractivity contribution in [3.63, 3.8) is 0 Å². The van der Waals surface area contributed by atoms with Crippen LogP contribution in [0.15, 0.2) is 60.8 Å². The average molecular weight is 382 g/mol. The van der Waals surface area contributed by atoms with Gasteiger partial charge in [-0.1, -0.05) is 30.3 Å². The monoisotopic (exact) mass is 382 g/mol. The van der Waals surface area contributed by atoms with Crippen LogP contribution in [-0.2, 0) is 9.53 Å². The maximum absolute atomic E-state index is 14.0.